The molecule has 0 saturated carbocycles. The molecule has 0 radical (unpaired) electrons. The van der Waals surface area contributed by atoms with Gasteiger partial charge < -0.3 is 20.4 Å². The van der Waals surface area contributed by atoms with Crippen LogP contribution in [0, 0.1) is 0 Å². The fourth-order valence-corrected chi connectivity index (χ4v) is 4.81. The minimum Gasteiger partial charge on any atom is -0.457 e. The summed E-state index contributed by atoms with van der Waals surface area (Å²) in [6, 6.07) is 26.0. The molecule has 0 saturated heterocycles. The Kier molecular flexibility index (Phi) is 5.86. The van der Waals surface area contributed by atoms with E-state index in [2.05, 4.69) is 45.3 Å². The number of nitrogens with zero attached hydrogens (tertiary/aromatic N) is 3. The third kappa shape index (κ3) is 4.48. The van der Waals surface area contributed by atoms with Crippen molar-refractivity contribution in [2.75, 3.05) is 22.2 Å². The molecular weight excluding hydrogens is 460 g/mol. The molecule has 0 bridgehead atoms. The van der Waals surface area contributed by atoms with Gasteiger partial charge in [-0.2, -0.15) is 9.97 Å². The van der Waals surface area contributed by atoms with Crippen LogP contribution in [-0.2, 0) is 13.1 Å². The van der Waals surface area contributed by atoms with Crippen LogP contribution >= 0.6 is 11.6 Å². The van der Waals surface area contributed by atoms with Gasteiger partial charge in [-0.05, 0) is 36.2 Å². The number of anilines is 3. The van der Waals surface area contributed by atoms with Crippen LogP contribution in [0.4, 0.5) is 17.6 Å². The van der Waals surface area contributed by atoms with E-state index in [1.807, 2.05) is 54.6 Å². The summed E-state index contributed by atoms with van der Waals surface area (Å²) in [4.78, 5) is 12.0. The van der Waals surface area contributed by atoms with Gasteiger partial charge in [0.1, 0.15) is 17.3 Å². The molecule has 0 fully saturated rings. The Morgan fingerprint density at radius 1 is 0.971 bits per heavy atom. The maximum absolute atomic E-state index is 6.56. The molecule has 0 amide bonds. The van der Waals surface area contributed by atoms with Gasteiger partial charge in [0.2, 0.25) is 5.95 Å². The molecule has 2 aliphatic rings. The van der Waals surface area contributed by atoms with E-state index in [0.29, 0.717) is 23.3 Å². The lowest BCUT2D eigenvalue weighted by Crippen LogP contribution is -2.34. The zero-order valence-corrected chi connectivity index (χ0v) is 19.8. The van der Waals surface area contributed by atoms with Crippen molar-refractivity contribution in [2.45, 2.75) is 25.6 Å². The van der Waals surface area contributed by atoms with Crippen LogP contribution in [0.3, 0.4) is 0 Å². The van der Waals surface area contributed by atoms with Crippen LogP contribution in [0.15, 0.2) is 78.9 Å². The minimum absolute atomic E-state index is 0.218. The molecule has 3 aromatic carbocycles. The molecule has 4 aromatic rings. The van der Waals surface area contributed by atoms with Crippen LogP contribution in [0.2, 0.25) is 5.02 Å². The Labute approximate surface area is 209 Å². The van der Waals surface area contributed by atoms with Crippen LogP contribution in [-0.4, -0.2) is 16.5 Å². The number of hydrogen-bond acceptors (Lipinski definition) is 7. The van der Waals surface area contributed by atoms with Gasteiger partial charge in [0.25, 0.3) is 0 Å². The Hall–Kier alpha value is -3.81. The molecule has 8 heteroatoms. The van der Waals surface area contributed by atoms with Crippen molar-refractivity contribution in [1.82, 2.24) is 15.4 Å². The minimum atomic E-state index is 0.218. The largest absolute Gasteiger partial charge is 0.457 e. The van der Waals surface area contributed by atoms with E-state index in [9.17, 15) is 0 Å². The van der Waals surface area contributed by atoms with Crippen LogP contribution in [0.25, 0.3) is 0 Å². The highest BCUT2D eigenvalue weighted by Gasteiger charge is 2.34. The number of hydrazine groups is 1. The standard InChI is InChI=1S/C27H25ClN6O/c28-21-12-7-13-23(35-19-10-5-2-6-11-19)20(21)16-29-27-30-25-24-22(32-33-25)14-15-34(26(24)31-27)17-18-8-3-1-4-9-18/h1-13,22,32H,14-17H2,(H2,29,30,31,33). The summed E-state index contributed by atoms with van der Waals surface area (Å²) in [7, 11) is 0. The molecule has 1 unspecified atom stereocenters. The average Bonchev–Trinajstić information content (AvgIpc) is 3.30. The number of hydrogen-bond donors (Lipinski definition) is 3. The van der Waals surface area contributed by atoms with E-state index >= 15 is 0 Å². The van der Waals surface area contributed by atoms with Crippen LogP contribution in [0.5, 0.6) is 11.5 Å². The van der Waals surface area contributed by atoms with Gasteiger partial charge in [-0.25, -0.2) is 5.43 Å². The summed E-state index contributed by atoms with van der Waals surface area (Å²) in [6.45, 7) is 2.14. The van der Waals surface area contributed by atoms with Crippen molar-refractivity contribution in [1.29, 1.82) is 0 Å². The zero-order valence-electron chi connectivity index (χ0n) is 19.0. The van der Waals surface area contributed by atoms with Crippen molar-refractivity contribution < 1.29 is 4.74 Å². The van der Waals surface area contributed by atoms with Gasteiger partial charge >= 0.3 is 0 Å². The van der Waals surface area contributed by atoms with E-state index in [0.717, 1.165) is 48.0 Å². The summed E-state index contributed by atoms with van der Waals surface area (Å²) in [5, 5.41) is 4.00. The normalized spacial score (nSPS) is 15.9. The number of rotatable bonds is 7. The highest BCUT2D eigenvalue weighted by Crippen LogP contribution is 2.41. The predicted molar refractivity (Wildman–Crippen MR) is 139 cm³/mol. The Morgan fingerprint density at radius 3 is 2.60 bits per heavy atom. The fourth-order valence-electron chi connectivity index (χ4n) is 4.58. The van der Waals surface area contributed by atoms with Crippen molar-refractivity contribution >= 4 is 29.2 Å². The predicted octanol–water partition coefficient (Wildman–Crippen LogP) is 5.92. The second-order valence-electron chi connectivity index (χ2n) is 8.64. The first-order chi connectivity index (χ1) is 17.2. The number of aromatic nitrogens is 2. The Bertz CT molecular complexity index is 1330. The SMILES string of the molecule is Clc1cccc(Oc2ccccc2)c1CNc1nc2c3c(n1)N(Cc1ccccc1)CCC3NN2. The number of ether oxygens (including phenoxy) is 1. The second kappa shape index (κ2) is 9.44. The average molecular weight is 485 g/mol. The Balaban J connectivity index is 1.27. The first-order valence-corrected chi connectivity index (χ1v) is 12.1. The zero-order chi connectivity index (χ0) is 23.6. The molecule has 176 valence electrons. The molecule has 0 aliphatic carbocycles. The van der Waals surface area contributed by atoms with Gasteiger partial charge in [-0.3, -0.25) is 0 Å². The summed E-state index contributed by atoms with van der Waals surface area (Å²) >= 11 is 6.56. The molecule has 3 heterocycles. The van der Waals surface area contributed by atoms with Gasteiger partial charge in [0.05, 0.1) is 11.6 Å². The van der Waals surface area contributed by atoms with Gasteiger partial charge in [0.15, 0.2) is 5.82 Å². The molecule has 1 aromatic heterocycles. The number of halogens is 1. The van der Waals surface area contributed by atoms with E-state index < -0.39 is 0 Å². The first-order valence-electron chi connectivity index (χ1n) is 11.7. The van der Waals surface area contributed by atoms with Crippen molar-refractivity contribution in [3.05, 3.63) is 101 Å². The van der Waals surface area contributed by atoms with Crippen molar-refractivity contribution in [3.8, 4) is 11.5 Å². The van der Waals surface area contributed by atoms with E-state index in [1.54, 1.807) is 0 Å². The maximum Gasteiger partial charge on any atom is 0.226 e. The quantitative estimate of drug-likeness (QED) is 0.301. The lowest BCUT2D eigenvalue weighted by atomic mass is 10.0. The molecule has 35 heavy (non-hydrogen) atoms. The summed E-state index contributed by atoms with van der Waals surface area (Å²) in [6.07, 6.45) is 0.996. The fraction of sp³-hybridized carbons (Fsp3) is 0.185. The molecule has 2 aliphatic heterocycles. The van der Waals surface area contributed by atoms with Gasteiger partial charge in [-0.1, -0.05) is 66.2 Å². The maximum atomic E-state index is 6.56. The summed E-state index contributed by atoms with van der Waals surface area (Å²) in [5.41, 5.74) is 9.82. The highest BCUT2D eigenvalue weighted by molar-refractivity contribution is 6.31. The van der Waals surface area contributed by atoms with Crippen LogP contribution < -0.4 is 25.8 Å². The van der Waals surface area contributed by atoms with Gasteiger partial charge in [-0.15, -0.1) is 0 Å². The third-order valence-corrected chi connectivity index (χ3v) is 6.67. The lowest BCUT2D eigenvalue weighted by Gasteiger charge is -2.32. The molecular formula is C27H25ClN6O. The first kappa shape index (κ1) is 21.7. The summed E-state index contributed by atoms with van der Waals surface area (Å²) < 4.78 is 6.11. The number of para-hydroxylation sites is 1. The van der Waals surface area contributed by atoms with Crippen molar-refractivity contribution in [3.63, 3.8) is 0 Å². The molecule has 6 rings (SSSR count). The molecule has 1 atom stereocenters. The van der Waals surface area contributed by atoms with Gasteiger partial charge in [0, 0.05) is 30.2 Å². The van der Waals surface area contributed by atoms with E-state index in [4.69, 9.17) is 26.3 Å². The molecule has 3 N–H and O–H groups in total. The van der Waals surface area contributed by atoms with E-state index in [1.165, 1.54) is 5.56 Å². The lowest BCUT2D eigenvalue weighted by molar-refractivity contribution is 0.477. The third-order valence-electron chi connectivity index (χ3n) is 6.31. The smallest absolute Gasteiger partial charge is 0.226 e. The summed E-state index contributed by atoms with van der Waals surface area (Å²) in [5.74, 6) is 3.77. The molecule has 7 nitrogen and oxygen atoms in total. The number of nitrogens with one attached hydrogen (secondary N) is 3. The second-order valence-corrected chi connectivity index (χ2v) is 9.04. The molecule has 0 spiro atoms. The van der Waals surface area contributed by atoms with Crippen molar-refractivity contribution in [2.24, 2.45) is 0 Å². The topological polar surface area (TPSA) is 74.3 Å². The van der Waals surface area contributed by atoms with E-state index in [-0.39, 0.29) is 6.04 Å². The van der Waals surface area contributed by atoms with Crippen LogP contribution in [0.1, 0.15) is 29.2 Å². The number of benzene rings is 3. The Morgan fingerprint density at radius 2 is 1.77 bits per heavy atom. The monoisotopic (exact) mass is 484 g/mol. The highest BCUT2D eigenvalue weighted by atomic mass is 35.5.